The average Bonchev–Trinajstić information content (AvgIpc) is 2.79. The Bertz CT molecular complexity index is 455. The molecule has 0 saturated heterocycles. The predicted octanol–water partition coefficient (Wildman–Crippen LogP) is -1.71. The number of nitrogens with two attached hydrogens (primary N) is 2. The van der Waals surface area contributed by atoms with Gasteiger partial charge in [0.05, 0.1) is 17.6 Å². The van der Waals surface area contributed by atoms with Crippen LogP contribution in [0.5, 0.6) is 0 Å². The van der Waals surface area contributed by atoms with E-state index in [1.54, 1.807) is 0 Å². The van der Waals surface area contributed by atoms with Crippen molar-refractivity contribution < 1.29 is 32.8 Å². The number of halogens is 3. The first-order chi connectivity index (χ1) is 9.55. The van der Waals surface area contributed by atoms with E-state index < -0.39 is 49.2 Å². The third-order valence-corrected chi connectivity index (χ3v) is 3.07. The van der Waals surface area contributed by atoms with Gasteiger partial charge in [0.15, 0.2) is 0 Å². The summed E-state index contributed by atoms with van der Waals surface area (Å²) in [5.74, 6) is -3.55. The molecule has 21 heavy (non-hydrogen) atoms. The van der Waals surface area contributed by atoms with Crippen LogP contribution < -0.4 is 11.5 Å². The van der Waals surface area contributed by atoms with Crippen LogP contribution in [-0.2, 0) is 9.59 Å². The van der Waals surface area contributed by atoms with Crippen LogP contribution in [0.25, 0.3) is 0 Å². The zero-order chi connectivity index (χ0) is 16.4. The van der Waals surface area contributed by atoms with Crippen molar-refractivity contribution in [1.82, 2.24) is 4.90 Å². The summed E-state index contributed by atoms with van der Waals surface area (Å²) < 4.78 is 38.2. The van der Waals surface area contributed by atoms with Crippen LogP contribution in [0.1, 0.15) is 12.8 Å². The quantitative estimate of drug-likeness (QED) is 0.355. The number of hydrogen-bond acceptors (Lipinski definition) is 5. The summed E-state index contributed by atoms with van der Waals surface area (Å²) in [4.78, 5) is 23.2. The van der Waals surface area contributed by atoms with Gasteiger partial charge in [-0.05, 0) is 6.42 Å². The second-order valence-corrected chi connectivity index (χ2v) is 4.62. The highest BCUT2D eigenvalue weighted by molar-refractivity contribution is 6.45. The van der Waals surface area contributed by atoms with Crippen LogP contribution in [-0.4, -0.2) is 58.6 Å². The van der Waals surface area contributed by atoms with E-state index in [-0.39, 0.29) is 12.8 Å². The Morgan fingerprint density at radius 1 is 1.48 bits per heavy atom. The summed E-state index contributed by atoms with van der Waals surface area (Å²) in [5, 5.41) is 18.2. The van der Waals surface area contributed by atoms with Gasteiger partial charge in [-0.2, -0.15) is 13.2 Å². The van der Waals surface area contributed by atoms with E-state index >= 15 is 0 Å². The Morgan fingerprint density at radius 2 is 2.05 bits per heavy atom. The van der Waals surface area contributed by atoms with Crippen molar-refractivity contribution >= 4 is 18.9 Å². The number of carbonyl (C=O) groups is 2. The fourth-order valence-electron chi connectivity index (χ4n) is 2.07. The molecular weight excluding hydrogens is 294 g/mol. The number of rotatable bonds is 5. The summed E-state index contributed by atoms with van der Waals surface area (Å²) in [5.41, 5.74) is 9.17. The molecule has 0 radical (unpaired) electrons. The zero-order valence-electron chi connectivity index (χ0n) is 10.9. The fraction of sp³-hybridized carbons (Fsp3) is 0.600. The van der Waals surface area contributed by atoms with Gasteiger partial charge in [0, 0.05) is 13.0 Å². The van der Waals surface area contributed by atoms with Crippen molar-refractivity contribution in [1.29, 1.82) is 0 Å². The van der Waals surface area contributed by atoms with Crippen LogP contribution in [0.2, 0.25) is 0 Å². The van der Waals surface area contributed by atoms with E-state index in [1.807, 2.05) is 0 Å². The predicted molar refractivity (Wildman–Crippen MR) is 66.2 cm³/mol. The molecule has 1 aliphatic heterocycles. The summed E-state index contributed by atoms with van der Waals surface area (Å²) >= 11 is 0. The van der Waals surface area contributed by atoms with E-state index in [0.717, 1.165) is 0 Å². The molecule has 0 aromatic carbocycles. The Morgan fingerprint density at radius 3 is 2.48 bits per heavy atom. The van der Waals surface area contributed by atoms with Crippen molar-refractivity contribution in [3.8, 4) is 0 Å². The first-order valence-electron chi connectivity index (χ1n) is 6.03. The largest absolute Gasteiger partial charge is 0.480 e. The molecule has 2 atom stereocenters. The van der Waals surface area contributed by atoms with Crippen LogP contribution in [0.15, 0.2) is 11.6 Å². The zero-order valence-corrected chi connectivity index (χ0v) is 10.9. The van der Waals surface area contributed by atoms with Gasteiger partial charge in [-0.1, -0.05) is 6.08 Å². The van der Waals surface area contributed by atoms with Crippen molar-refractivity contribution in [3.63, 3.8) is 0 Å². The number of alkyl halides is 3. The van der Waals surface area contributed by atoms with Crippen LogP contribution >= 0.6 is 0 Å². The highest BCUT2D eigenvalue weighted by Gasteiger charge is 2.50. The van der Waals surface area contributed by atoms with E-state index in [1.165, 1.54) is 0 Å². The van der Waals surface area contributed by atoms with Gasteiger partial charge in [-0.15, -0.1) is 0 Å². The highest BCUT2D eigenvalue weighted by atomic mass is 19.4. The van der Waals surface area contributed by atoms with E-state index in [9.17, 15) is 22.8 Å². The van der Waals surface area contributed by atoms with Crippen molar-refractivity contribution in [2.45, 2.75) is 31.0 Å². The molecule has 0 spiro atoms. The molecule has 1 rings (SSSR count). The second kappa shape index (κ2) is 6.45. The molecule has 1 heterocycles. The van der Waals surface area contributed by atoms with Gasteiger partial charge in [-0.3, -0.25) is 9.59 Å². The molecular formula is C10H15BF3N3O4. The smallest absolute Gasteiger partial charge is 0.426 e. The van der Waals surface area contributed by atoms with Crippen molar-refractivity contribution in [2.24, 2.45) is 11.5 Å². The van der Waals surface area contributed by atoms with Crippen molar-refractivity contribution in [3.05, 3.63) is 11.6 Å². The van der Waals surface area contributed by atoms with Gasteiger partial charge in [-0.25, -0.2) is 0 Å². The van der Waals surface area contributed by atoms with Crippen LogP contribution in [0.4, 0.5) is 13.2 Å². The van der Waals surface area contributed by atoms with Gasteiger partial charge >= 0.3 is 13.3 Å². The Hall–Kier alpha value is -1.59. The molecule has 0 fully saturated rings. The second-order valence-electron chi connectivity index (χ2n) is 4.62. The van der Waals surface area contributed by atoms with Crippen molar-refractivity contribution in [2.75, 3.05) is 6.54 Å². The fourth-order valence-corrected chi connectivity index (χ4v) is 2.07. The van der Waals surface area contributed by atoms with Gasteiger partial charge in [0.2, 0.25) is 11.8 Å². The number of amides is 2. The minimum Gasteiger partial charge on any atom is -0.426 e. The number of nitrogens with zero attached hydrogens (tertiary/aromatic N) is 1. The lowest BCUT2D eigenvalue weighted by atomic mass is 9.74. The highest BCUT2D eigenvalue weighted by Crippen LogP contribution is 2.34. The van der Waals surface area contributed by atoms with Gasteiger partial charge in [0.25, 0.3) is 0 Å². The third-order valence-electron chi connectivity index (χ3n) is 3.07. The summed E-state index contributed by atoms with van der Waals surface area (Å²) in [6.45, 7) is -0.444. The lowest BCUT2D eigenvalue weighted by molar-refractivity contribution is -0.134. The normalized spacial score (nSPS) is 20.2. The third kappa shape index (κ3) is 4.19. The molecule has 6 N–H and O–H groups in total. The first kappa shape index (κ1) is 17.5. The minimum atomic E-state index is -4.79. The molecule has 118 valence electrons. The Labute approximate surface area is 118 Å². The minimum absolute atomic E-state index is 0.139. The van der Waals surface area contributed by atoms with E-state index in [4.69, 9.17) is 21.5 Å². The molecule has 0 bridgehead atoms. The Kier molecular flexibility index (Phi) is 5.37. The van der Waals surface area contributed by atoms with Crippen LogP contribution in [0, 0.1) is 0 Å². The number of primary amides is 1. The molecule has 2 amide bonds. The molecule has 0 aromatic rings. The molecule has 1 aliphatic rings. The van der Waals surface area contributed by atoms with E-state index in [2.05, 4.69) is 0 Å². The molecule has 7 nitrogen and oxygen atoms in total. The monoisotopic (exact) mass is 309 g/mol. The summed E-state index contributed by atoms with van der Waals surface area (Å²) in [7, 11) is -2.40. The topological polar surface area (TPSA) is 130 Å². The lowest BCUT2D eigenvalue weighted by Gasteiger charge is -2.29. The number of hydrogen-bond donors (Lipinski definition) is 4. The summed E-state index contributed by atoms with van der Waals surface area (Å²) in [6.07, 6.45) is -4.43. The molecule has 11 heteroatoms. The number of carbonyl (C=O) groups excluding carboxylic acids is 2. The maximum atomic E-state index is 12.7. The lowest BCUT2D eigenvalue weighted by Crippen LogP contribution is -2.54. The molecule has 0 saturated carbocycles. The SMILES string of the molecule is NC(=O)CC[C@H](N)C(=O)N1CC=C(C(F)(F)F)C1B(O)O. The first-order valence-corrected chi connectivity index (χ1v) is 6.03. The average molecular weight is 309 g/mol. The molecule has 0 aliphatic carbocycles. The molecule has 0 aromatic heterocycles. The maximum Gasteiger partial charge on any atom is 0.480 e. The maximum absolute atomic E-state index is 12.7. The summed E-state index contributed by atoms with van der Waals surface area (Å²) in [6, 6.07) is -1.25. The van der Waals surface area contributed by atoms with Crippen LogP contribution in [0.3, 0.4) is 0 Å². The van der Waals surface area contributed by atoms with Gasteiger partial charge in [0.1, 0.15) is 0 Å². The Balaban J connectivity index is 2.84. The standard InChI is InChI=1S/C10H15BF3N3O4/c12-10(13,14)5-3-4-17(8(5)11(20)21)9(19)6(15)1-2-7(16)18/h3,6,8,20-21H,1-2,4,15H2,(H2,16,18)/t6-,8?/m0/s1. The van der Waals surface area contributed by atoms with Gasteiger partial charge < -0.3 is 26.4 Å². The van der Waals surface area contributed by atoms with E-state index in [0.29, 0.717) is 11.0 Å². The molecule has 1 unspecified atom stereocenters.